The molecule has 0 spiro atoms. The third-order valence-corrected chi connectivity index (χ3v) is 3.69. The van der Waals surface area contributed by atoms with Crippen molar-refractivity contribution < 1.29 is 18.0 Å². The number of carbonyl (C=O) groups is 1. The second kappa shape index (κ2) is 6.80. The molecular formula is C18H14F3N3O. The predicted octanol–water partition coefficient (Wildman–Crippen LogP) is 4.65. The van der Waals surface area contributed by atoms with Gasteiger partial charge in [-0.3, -0.25) is 4.79 Å². The molecule has 1 amide bonds. The van der Waals surface area contributed by atoms with Crippen LogP contribution in [-0.4, -0.2) is 15.7 Å². The maximum Gasteiger partial charge on any atom is 0.333 e. The van der Waals surface area contributed by atoms with Crippen LogP contribution in [0.2, 0.25) is 0 Å². The van der Waals surface area contributed by atoms with Crippen LogP contribution < -0.4 is 5.32 Å². The van der Waals surface area contributed by atoms with E-state index in [-0.39, 0.29) is 5.56 Å². The molecule has 1 aromatic heterocycles. The van der Waals surface area contributed by atoms with Crippen LogP contribution in [0.1, 0.15) is 22.6 Å². The van der Waals surface area contributed by atoms with Gasteiger partial charge >= 0.3 is 6.55 Å². The van der Waals surface area contributed by atoms with Gasteiger partial charge in [-0.1, -0.05) is 24.3 Å². The zero-order valence-electron chi connectivity index (χ0n) is 13.2. The lowest BCUT2D eigenvalue weighted by Gasteiger charge is -2.07. The lowest BCUT2D eigenvalue weighted by atomic mass is 10.1. The number of carbonyl (C=O) groups excluding carboxylic acids is 1. The second-order valence-corrected chi connectivity index (χ2v) is 5.40. The Labute approximate surface area is 141 Å². The highest BCUT2D eigenvalue weighted by atomic mass is 19.3. The summed E-state index contributed by atoms with van der Waals surface area (Å²) in [7, 11) is 0. The van der Waals surface area contributed by atoms with Crippen molar-refractivity contribution in [1.82, 2.24) is 9.78 Å². The molecule has 128 valence electrons. The number of hydrogen-bond acceptors (Lipinski definition) is 2. The fraction of sp³-hybridized carbons (Fsp3) is 0.111. The average Bonchev–Trinajstić information content (AvgIpc) is 2.98. The molecule has 4 nitrogen and oxygen atoms in total. The Balaban J connectivity index is 1.79. The van der Waals surface area contributed by atoms with Crippen LogP contribution in [0.4, 0.5) is 18.9 Å². The Morgan fingerprint density at radius 3 is 2.40 bits per heavy atom. The number of hydrogen-bond donors (Lipinski definition) is 1. The number of alkyl halides is 2. The van der Waals surface area contributed by atoms with E-state index >= 15 is 0 Å². The zero-order chi connectivity index (χ0) is 18.0. The Kier molecular flexibility index (Phi) is 4.56. The van der Waals surface area contributed by atoms with Gasteiger partial charge in [0.15, 0.2) is 0 Å². The van der Waals surface area contributed by atoms with E-state index in [4.69, 9.17) is 0 Å². The van der Waals surface area contributed by atoms with Crippen molar-refractivity contribution >= 4 is 11.6 Å². The number of nitrogens with one attached hydrogen (secondary N) is 1. The molecule has 3 aromatic rings. The Hall–Kier alpha value is -3.09. The summed E-state index contributed by atoms with van der Waals surface area (Å²) < 4.78 is 39.6. The van der Waals surface area contributed by atoms with Crippen molar-refractivity contribution in [3.05, 3.63) is 71.8 Å². The van der Waals surface area contributed by atoms with Crippen LogP contribution in [0.25, 0.3) is 11.1 Å². The molecule has 0 aliphatic rings. The van der Waals surface area contributed by atoms with Crippen molar-refractivity contribution in [2.24, 2.45) is 0 Å². The predicted molar refractivity (Wildman–Crippen MR) is 88.0 cm³/mol. The Bertz CT molecular complexity index is 904. The smallest absolute Gasteiger partial charge is 0.322 e. The highest BCUT2D eigenvalue weighted by Gasteiger charge is 2.14. The average molecular weight is 345 g/mol. The van der Waals surface area contributed by atoms with Crippen LogP contribution in [0.15, 0.2) is 54.7 Å². The molecule has 0 fully saturated rings. The van der Waals surface area contributed by atoms with Gasteiger partial charge < -0.3 is 5.32 Å². The first-order chi connectivity index (χ1) is 12.0. The topological polar surface area (TPSA) is 46.9 Å². The number of nitrogens with zero attached hydrogens (tertiary/aromatic N) is 2. The Morgan fingerprint density at radius 2 is 1.80 bits per heavy atom. The van der Waals surface area contributed by atoms with Crippen molar-refractivity contribution in [1.29, 1.82) is 0 Å². The number of aromatic nitrogens is 2. The van der Waals surface area contributed by atoms with Gasteiger partial charge in [0.05, 0.1) is 11.3 Å². The third kappa shape index (κ3) is 3.55. The third-order valence-electron chi connectivity index (χ3n) is 3.69. The zero-order valence-corrected chi connectivity index (χ0v) is 13.2. The van der Waals surface area contributed by atoms with E-state index in [9.17, 15) is 18.0 Å². The fourth-order valence-corrected chi connectivity index (χ4v) is 2.44. The van der Waals surface area contributed by atoms with Crippen LogP contribution >= 0.6 is 0 Å². The van der Waals surface area contributed by atoms with E-state index in [1.54, 1.807) is 37.3 Å². The summed E-state index contributed by atoms with van der Waals surface area (Å²) in [5.74, 6) is -1.17. The van der Waals surface area contributed by atoms with Gasteiger partial charge in [0.1, 0.15) is 5.82 Å². The first kappa shape index (κ1) is 16.8. The molecule has 0 bridgehead atoms. The highest BCUT2D eigenvalue weighted by Crippen LogP contribution is 2.26. The molecular weight excluding hydrogens is 331 g/mol. The highest BCUT2D eigenvalue weighted by molar-refractivity contribution is 6.04. The number of rotatable bonds is 4. The molecule has 0 aliphatic heterocycles. The SMILES string of the molecule is Cc1nn(C(F)F)cc1-c1ccc(NC(=O)c2ccccc2F)cc1. The van der Waals surface area contributed by atoms with E-state index in [1.165, 1.54) is 24.4 Å². The van der Waals surface area contributed by atoms with E-state index in [0.29, 0.717) is 27.2 Å². The Morgan fingerprint density at radius 1 is 1.12 bits per heavy atom. The molecule has 0 atom stereocenters. The number of amides is 1. The summed E-state index contributed by atoms with van der Waals surface area (Å²) in [5, 5.41) is 6.36. The van der Waals surface area contributed by atoms with Crippen molar-refractivity contribution in [2.45, 2.75) is 13.5 Å². The molecule has 0 unspecified atom stereocenters. The molecule has 0 radical (unpaired) electrons. The van der Waals surface area contributed by atoms with Crippen LogP contribution in [0.3, 0.4) is 0 Å². The second-order valence-electron chi connectivity index (χ2n) is 5.40. The van der Waals surface area contributed by atoms with Crippen LogP contribution in [0.5, 0.6) is 0 Å². The maximum absolute atomic E-state index is 13.6. The molecule has 0 saturated carbocycles. The van der Waals surface area contributed by atoms with Crippen LogP contribution in [-0.2, 0) is 0 Å². The molecule has 3 rings (SSSR count). The van der Waals surface area contributed by atoms with E-state index in [0.717, 1.165) is 0 Å². The van der Waals surface area contributed by atoms with Crippen molar-refractivity contribution in [3.63, 3.8) is 0 Å². The minimum absolute atomic E-state index is 0.0550. The molecule has 1 heterocycles. The van der Waals surface area contributed by atoms with E-state index in [2.05, 4.69) is 10.4 Å². The van der Waals surface area contributed by atoms with E-state index in [1.807, 2.05) is 0 Å². The maximum atomic E-state index is 13.6. The van der Waals surface area contributed by atoms with Gasteiger partial charge in [0.2, 0.25) is 0 Å². The lowest BCUT2D eigenvalue weighted by Crippen LogP contribution is -2.13. The summed E-state index contributed by atoms with van der Waals surface area (Å²) in [6, 6.07) is 12.3. The summed E-state index contributed by atoms with van der Waals surface area (Å²) in [5.41, 5.74) is 2.15. The van der Waals surface area contributed by atoms with Gasteiger partial charge in [-0.25, -0.2) is 9.07 Å². The molecule has 7 heteroatoms. The minimum atomic E-state index is -2.70. The first-order valence-corrected chi connectivity index (χ1v) is 7.46. The molecule has 0 saturated heterocycles. The van der Waals surface area contributed by atoms with Crippen molar-refractivity contribution in [2.75, 3.05) is 5.32 Å². The fourth-order valence-electron chi connectivity index (χ4n) is 2.44. The summed E-state index contributed by atoms with van der Waals surface area (Å²) in [6.45, 7) is -1.06. The quantitative estimate of drug-likeness (QED) is 0.748. The van der Waals surface area contributed by atoms with Crippen molar-refractivity contribution in [3.8, 4) is 11.1 Å². The molecule has 1 N–H and O–H groups in total. The lowest BCUT2D eigenvalue weighted by molar-refractivity contribution is 0.0563. The number of anilines is 1. The first-order valence-electron chi connectivity index (χ1n) is 7.46. The van der Waals surface area contributed by atoms with E-state index < -0.39 is 18.3 Å². The van der Waals surface area contributed by atoms with Crippen LogP contribution in [0, 0.1) is 12.7 Å². The summed E-state index contributed by atoms with van der Waals surface area (Å²) in [6.07, 6.45) is 1.27. The van der Waals surface area contributed by atoms with Gasteiger partial charge in [-0.05, 0) is 36.8 Å². The van der Waals surface area contributed by atoms with Gasteiger partial charge in [-0.15, -0.1) is 0 Å². The monoisotopic (exact) mass is 345 g/mol. The normalized spacial score (nSPS) is 10.9. The van der Waals surface area contributed by atoms with Gasteiger partial charge in [-0.2, -0.15) is 13.9 Å². The molecule has 2 aromatic carbocycles. The number of benzene rings is 2. The largest absolute Gasteiger partial charge is 0.333 e. The van der Waals surface area contributed by atoms with Gasteiger partial charge in [0.25, 0.3) is 5.91 Å². The molecule has 0 aliphatic carbocycles. The number of halogens is 3. The standard InChI is InChI=1S/C18H14F3N3O/c1-11-15(10-24(23-11)18(20)21)12-6-8-13(9-7-12)22-17(25)14-4-2-3-5-16(14)19/h2-10,18H,1H3,(H,22,25). The summed E-state index contributed by atoms with van der Waals surface area (Å²) >= 11 is 0. The summed E-state index contributed by atoms with van der Waals surface area (Å²) in [4.78, 5) is 12.1. The minimum Gasteiger partial charge on any atom is -0.322 e. The van der Waals surface area contributed by atoms with Gasteiger partial charge in [0, 0.05) is 17.4 Å². The molecule has 25 heavy (non-hydrogen) atoms. The number of aryl methyl sites for hydroxylation is 1.